The van der Waals surface area contributed by atoms with Crippen molar-refractivity contribution in [2.24, 2.45) is 0 Å². The molecule has 3 rings (SSSR count). The standard InChI is InChI=1S/C15H25FN2O2/c16-6-3-14(19)18-9-4-15(5-10-18)11-13(12-20-15)17-7-1-2-8-17/h13H,1-12H2. The van der Waals surface area contributed by atoms with Gasteiger partial charge >= 0.3 is 0 Å². The van der Waals surface area contributed by atoms with E-state index in [9.17, 15) is 9.18 Å². The summed E-state index contributed by atoms with van der Waals surface area (Å²) in [5, 5.41) is 0. The third-order valence-electron chi connectivity index (χ3n) is 5.18. The second kappa shape index (κ2) is 5.98. The molecule has 0 aromatic rings. The molecule has 0 radical (unpaired) electrons. The van der Waals surface area contributed by atoms with E-state index in [0.29, 0.717) is 6.04 Å². The average molecular weight is 284 g/mol. The molecule has 3 fully saturated rings. The lowest BCUT2D eigenvalue weighted by Crippen LogP contribution is -2.47. The quantitative estimate of drug-likeness (QED) is 0.789. The van der Waals surface area contributed by atoms with Crippen LogP contribution in [-0.4, -0.2) is 66.8 Å². The van der Waals surface area contributed by atoms with Crippen LogP contribution in [0.5, 0.6) is 0 Å². The summed E-state index contributed by atoms with van der Waals surface area (Å²) >= 11 is 0. The number of halogens is 1. The van der Waals surface area contributed by atoms with Gasteiger partial charge in [0.1, 0.15) is 0 Å². The predicted molar refractivity (Wildman–Crippen MR) is 74.3 cm³/mol. The maximum atomic E-state index is 12.2. The number of alkyl halides is 1. The summed E-state index contributed by atoms with van der Waals surface area (Å²) in [4.78, 5) is 16.1. The Hall–Kier alpha value is -0.680. The monoisotopic (exact) mass is 284 g/mol. The Bertz CT molecular complexity index is 350. The van der Waals surface area contributed by atoms with Crippen LogP contribution in [-0.2, 0) is 9.53 Å². The van der Waals surface area contributed by atoms with Crippen LogP contribution in [0.2, 0.25) is 0 Å². The highest BCUT2D eigenvalue weighted by atomic mass is 19.1. The zero-order chi connectivity index (χ0) is 14.0. The van der Waals surface area contributed by atoms with Gasteiger partial charge < -0.3 is 9.64 Å². The van der Waals surface area contributed by atoms with Gasteiger partial charge in [-0.15, -0.1) is 0 Å². The summed E-state index contributed by atoms with van der Waals surface area (Å²) in [6.07, 6.45) is 5.59. The third kappa shape index (κ3) is 2.84. The molecule has 1 atom stereocenters. The third-order valence-corrected chi connectivity index (χ3v) is 5.18. The zero-order valence-electron chi connectivity index (χ0n) is 12.2. The van der Waals surface area contributed by atoms with E-state index < -0.39 is 6.67 Å². The number of hydrogen-bond acceptors (Lipinski definition) is 3. The van der Waals surface area contributed by atoms with Crippen molar-refractivity contribution in [3.05, 3.63) is 0 Å². The summed E-state index contributed by atoms with van der Waals surface area (Å²) in [5.41, 5.74) is -0.0141. The fourth-order valence-corrected chi connectivity index (χ4v) is 3.91. The Labute approximate surface area is 120 Å². The molecule has 3 saturated heterocycles. The Morgan fingerprint density at radius 2 is 1.90 bits per heavy atom. The van der Waals surface area contributed by atoms with Gasteiger partial charge in [0, 0.05) is 19.1 Å². The largest absolute Gasteiger partial charge is 0.373 e. The van der Waals surface area contributed by atoms with Crippen molar-refractivity contribution in [1.29, 1.82) is 0 Å². The molecule has 0 aromatic carbocycles. The molecular weight excluding hydrogens is 259 g/mol. The number of likely N-dealkylation sites (tertiary alicyclic amines) is 2. The molecule has 0 bridgehead atoms. The minimum Gasteiger partial charge on any atom is -0.373 e. The summed E-state index contributed by atoms with van der Waals surface area (Å²) in [7, 11) is 0. The molecule has 5 heteroatoms. The number of carbonyl (C=O) groups excluding carboxylic acids is 1. The first-order chi connectivity index (χ1) is 9.72. The number of hydrogen-bond donors (Lipinski definition) is 0. The van der Waals surface area contributed by atoms with E-state index in [4.69, 9.17) is 4.74 Å². The molecule has 0 aliphatic carbocycles. The Balaban J connectivity index is 1.51. The van der Waals surface area contributed by atoms with Crippen molar-refractivity contribution in [2.45, 2.75) is 50.2 Å². The van der Waals surface area contributed by atoms with Crippen LogP contribution in [0.25, 0.3) is 0 Å². The lowest BCUT2D eigenvalue weighted by Gasteiger charge is -2.39. The molecule has 0 N–H and O–H groups in total. The Kier molecular flexibility index (Phi) is 4.26. The van der Waals surface area contributed by atoms with Crippen molar-refractivity contribution in [3.63, 3.8) is 0 Å². The van der Waals surface area contributed by atoms with Gasteiger partial charge in [-0.1, -0.05) is 0 Å². The van der Waals surface area contributed by atoms with Crippen molar-refractivity contribution < 1.29 is 13.9 Å². The van der Waals surface area contributed by atoms with Gasteiger partial charge in [-0.25, -0.2) is 0 Å². The van der Waals surface area contributed by atoms with E-state index >= 15 is 0 Å². The van der Waals surface area contributed by atoms with Crippen LogP contribution in [0.15, 0.2) is 0 Å². The topological polar surface area (TPSA) is 32.8 Å². The summed E-state index contributed by atoms with van der Waals surface area (Å²) in [6, 6.07) is 0.575. The van der Waals surface area contributed by atoms with E-state index in [1.54, 1.807) is 4.90 Å². The average Bonchev–Trinajstić information content (AvgIpc) is 3.10. The molecule has 3 aliphatic rings. The summed E-state index contributed by atoms with van der Waals surface area (Å²) < 4.78 is 18.4. The number of amides is 1. The van der Waals surface area contributed by atoms with E-state index in [-0.39, 0.29) is 17.9 Å². The molecule has 0 saturated carbocycles. The van der Waals surface area contributed by atoms with E-state index in [2.05, 4.69) is 4.90 Å². The van der Waals surface area contributed by atoms with Gasteiger partial charge in [0.05, 0.1) is 25.3 Å². The van der Waals surface area contributed by atoms with Crippen molar-refractivity contribution >= 4 is 5.91 Å². The molecule has 3 heterocycles. The molecule has 0 aromatic heterocycles. The normalized spacial score (nSPS) is 30.2. The first-order valence-electron chi connectivity index (χ1n) is 7.94. The maximum absolute atomic E-state index is 12.2. The molecule has 1 spiro atoms. The van der Waals surface area contributed by atoms with E-state index in [0.717, 1.165) is 39.0 Å². The van der Waals surface area contributed by atoms with Crippen LogP contribution >= 0.6 is 0 Å². The predicted octanol–water partition coefficient (Wildman–Crippen LogP) is 1.59. The number of rotatable bonds is 3. The van der Waals surface area contributed by atoms with Crippen LogP contribution < -0.4 is 0 Å². The minimum atomic E-state index is -0.548. The number of nitrogens with zero attached hydrogens (tertiary/aromatic N) is 2. The lowest BCUT2D eigenvalue weighted by molar-refractivity contribution is -0.136. The Morgan fingerprint density at radius 3 is 2.55 bits per heavy atom. The molecule has 114 valence electrons. The number of piperidine rings is 1. The highest BCUT2D eigenvalue weighted by Gasteiger charge is 2.45. The Morgan fingerprint density at radius 1 is 1.20 bits per heavy atom. The second-order valence-corrected chi connectivity index (χ2v) is 6.41. The zero-order valence-corrected chi connectivity index (χ0v) is 12.2. The highest BCUT2D eigenvalue weighted by Crippen LogP contribution is 2.38. The number of carbonyl (C=O) groups is 1. The minimum absolute atomic E-state index is 0.0141. The maximum Gasteiger partial charge on any atom is 0.225 e. The number of ether oxygens (including phenoxy) is 1. The van der Waals surface area contributed by atoms with Crippen molar-refractivity contribution in [1.82, 2.24) is 9.80 Å². The molecule has 20 heavy (non-hydrogen) atoms. The van der Waals surface area contributed by atoms with Crippen LogP contribution in [0, 0.1) is 0 Å². The fourth-order valence-electron chi connectivity index (χ4n) is 3.91. The van der Waals surface area contributed by atoms with Gasteiger partial charge in [0.15, 0.2) is 0 Å². The van der Waals surface area contributed by atoms with Crippen LogP contribution in [0.1, 0.15) is 38.5 Å². The van der Waals surface area contributed by atoms with Crippen LogP contribution in [0.3, 0.4) is 0 Å². The SMILES string of the molecule is O=C(CCF)N1CCC2(CC1)CC(N1CCCC1)CO2. The lowest BCUT2D eigenvalue weighted by atomic mass is 9.87. The van der Waals surface area contributed by atoms with Crippen LogP contribution in [0.4, 0.5) is 4.39 Å². The second-order valence-electron chi connectivity index (χ2n) is 6.41. The van der Waals surface area contributed by atoms with E-state index in [1.165, 1.54) is 25.9 Å². The smallest absolute Gasteiger partial charge is 0.225 e. The molecular formula is C15H25FN2O2. The molecule has 1 unspecified atom stereocenters. The molecule has 3 aliphatic heterocycles. The van der Waals surface area contributed by atoms with Gasteiger partial charge in [-0.3, -0.25) is 14.1 Å². The molecule has 4 nitrogen and oxygen atoms in total. The van der Waals surface area contributed by atoms with Gasteiger partial charge in [-0.05, 0) is 45.2 Å². The van der Waals surface area contributed by atoms with Gasteiger partial charge in [0.2, 0.25) is 5.91 Å². The molecule has 1 amide bonds. The van der Waals surface area contributed by atoms with Crippen molar-refractivity contribution in [3.8, 4) is 0 Å². The van der Waals surface area contributed by atoms with Crippen molar-refractivity contribution in [2.75, 3.05) is 39.5 Å². The first-order valence-corrected chi connectivity index (χ1v) is 7.94. The fraction of sp³-hybridized carbons (Fsp3) is 0.933. The summed E-state index contributed by atoms with van der Waals surface area (Å²) in [5.74, 6) is -0.0450. The van der Waals surface area contributed by atoms with Gasteiger partial charge in [0.25, 0.3) is 0 Å². The highest BCUT2D eigenvalue weighted by molar-refractivity contribution is 5.76. The van der Waals surface area contributed by atoms with E-state index in [1.807, 2.05) is 0 Å². The first kappa shape index (κ1) is 14.3. The summed E-state index contributed by atoms with van der Waals surface area (Å²) in [6.45, 7) is 4.18. The van der Waals surface area contributed by atoms with Gasteiger partial charge in [-0.2, -0.15) is 0 Å².